The van der Waals surface area contributed by atoms with Crippen LogP contribution in [0.2, 0.25) is 0 Å². The predicted octanol–water partition coefficient (Wildman–Crippen LogP) is 5.65. The van der Waals surface area contributed by atoms with Gasteiger partial charge in [-0.25, -0.2) is 0 Å². The predicted molar refractivity (Wildman–Crippen MR) is 137 cm³/mol. The molecule has 5 heteroatoms. The molecule has 5 rings (SSSR count). The maximum Gasteiger partial charge on any atom is 0.253 e. The van der Waals surface area contributed by atoms with Gasteiger partial charge in [0, 0.05) is 54.9 Å². The monoisotopic (exact) mass is 450 g/mol. The van der Waals surface area contributed by atoms with Crippen LogP contribution in [0.1, 0.15) is 39.9 Å². The average molecular weight is 451 g/mol. The summed E-state index contributed by atoms with van der Waals surface area (Å²) in [4.78, 5) is 23.9. The fourth-order valence-electron chi connectivity index (χ4n) is 4.83. The highest BCUT2D eigenvalue weighted by Gasteiger charge is 2.25. The first-order valence-electron chi connectivity index (χ1n) is 12.0. The molecule has 0 spiro atoms. The number of piperidine rings is 1. The number of rotatable bonds is 6. The fourth-order valence-corrected chi connectivity index (χ4v) is 4.83. The molecule has 0 bridgehead atoms. The van der Waals surface area contributed by atoms with Crippen molar-refractivity contribution in [1.82, 2.24) is 14.9 Å². The Labute approximate surface area is 200 Å². The molecule has 0 aliphatic carbocycles. The van der Waals surface area contributed by atoms with E-state index in [2.05, 4.69) is 46.5 Å². The summed E-state index contributed by atoms with van der Waals surface area (Å²) < 4.78 is 0. The number of aryl methyl sites for hydroxylation is 1. The molecule has 0 unspecified atom stereocenters. The third kappa shape index (κ3) is 5.09. The van der Waals surface area contributed by atoms with Gasteiger partial charge < -0.3 is 10.2 Å². The van der Waals surface area contributed by atoms with Gasteiger partial charge in [0.15, 0.2) is 0 Å². The van der Waals surface area contributed by atoms with Gasteiger partial charge in [-0.3, -0.25) is 14.8 Å². The molecule has 0 saturated carbocycles. The smallest absolute Gasteiger partial charge is 0.253 e. The normalized spacial score (nSPS) is 15.9. The molecular formula is C29H30N4O. The molecule has 1 aliphatic heterocycles. The van der Waals surface area contributed by atoms with Gasteiger partial charge in [-0.1, -0.05) is 18.2 Å². The topological polar surface area (TPSA) is 58.1 Å². The van der Waals surface area contributed by atoms with Gasteiger partial charge in [-0.15, -0.1) is 0 Å². The number of aromatic nitrogens is 2. The van der Waals surface area contributed by atoms with Gasteiger partial charge in [-0.2, -0.15) is 0 Å². The summed E-state index contributed by atoms with van der Waals surface area (Å²) in [5.41, 5.74) is 6.39. The van der Waals surface area contributed by atoms with Crippen molar-refractivity contribution in [2.75, 3.05) is 18.4 Å². The van der Waals surface area contributed by atoms with Crippen molar-refractivity contribution >= 4 is 22.5 Å². The summed E-state index contributed by atoms with van der Waals surface area (Å²) >= 11 is 0. The lowest BCUT2D eigenvalue weighted by Gasteiger charge is -2.33. The first-order chi connectivity index (χ1) is 16.7. The number of carbonyl (C=O) groups excluding carboxylic acids is 1. The molecular weight excluding hydrogens is 420 g/mol. The summed E-state index contributed by atoms with van der Waals surface area (Å²) in [5, 5.41) is 4.66. The Morgan fingerprint density at radius 2 is 1.91 bits per heavy atom. The van der Waals surface area contributed by atoms with E-state index in [1.54, 1.807) is 12.4 Å². The fraction of sp³-hybridized carbons (Fsp3) is 0.276. The van der Waals surface area contributed by atoms with E-state index in [0.29, 0.717) is 12.5 Å². The number of amides is 1. The number of hydrogen-bond acceptors (Lipinski definition) is 4. The molecule has 4 aromatic rings. The second kappa shape index (κ2) is 10.0. The lowest BCUT2D eigenvalue weighted by molar-refractivity contribution is 0.0673. The minimum absolute atomic E-state index is 0.124. The van der Waals surface area contributed by atoms with E-state index in [-0.39, 0.29) is 5.91 Å². The van der Waals surface area contributed by atoms with Crippen LogP contribution in [-0.2, 0) is 13.0 Å². The van der Waals surface area contributed by atoms with Gasteiger partial charge in [0.1, 0.15) is 0 Å². The van der Waals surface area contributed by atoms with Crippen molar-refractivity contribution in [3.8, 4) is 0 Å². The summed E-state index contributed by atoms with van der Waals surface area (Å²) in [6.45, 7) is 4.40. The number of fused-ring (bicyclic) bond motifs is 1. The van der Waals surface area contributed by atoms with Crippen molar-refractivity contribution in [3.05, 3.63) is 102 Å². The molecule has 0 radical (unpaired) electrons. The minimum Gasteiger partial charge on any atom is -0.381 e. The van der Waals surface area contributed by atoms with Crippen molar-refractivity contribution in [3.63, 3.8) is 0 Å². The molecule has 1 atom stereocenters. The van der Waals surface area contributed by atoms with E-state index in [9.17, 15) is 4.79 Å². The number of hydrogen-bond donors (Lipinski definition) is 1. The highest BCUT2D eigenvalue weighted by Crippen LogP contribution is 2.25. The minimum atomic E-state index is 0.124. The first kappa shape index (κ1) is 22.1. The van der Waals surface area contributed by atoms with E-state index in [1.165, 1.54) is 10.9 Å². The maximum absolute atomic E-state index is 13.4. The number of likely N-dealkylation sites (tertiary alicyclic amines) is 1. The quantitative estimate of drug-likeness (QED) is 0.413. The van der Waals surface area contributed by atoms with Gasteiger partial charge in [0.05, 0.1) is 5.52 Å². The SMILES string of the molecule is Cc1ccc(C(=O)N2CCC[C@@H](Cc3ccc4ncccc4c3)C2)cc1NCc1ccncc1. The second-order valence-corrected chi connectivity index (χ2v) is 9.23. The van der Waals surface area contributed by atoms with Gasteiger partial charge >= 0.3 is 0 Å². The molecule has 1 saturated heterocycles. The van der Waals surface area contributed by atoms with Crippen LogP contribution >= 0.6 is 0 Å². The highest BCUT2D eigenvalue weighted by molar-refractivity contribution is 5.95. The van der Waals surface area contributed by atoms with Crippen LogP contribution in [0.3, 0.4) is 0 Å². The molecule has 1 fully saturated rings. The van der Waals surface area contributed by atoms with Crippen molar-refractivity contribution < 1.29 is 4.79 Å². The number of pyridine rings is 2. The molecule has 1 amide bonds. The molecule has 5 nitrogen and oxygen atoms in total. The van der Waals surface area contributed by atoms with E-state index >= 15 is 0 Å². The van der Waals surface area contributed by atoms with Crippen LogP contribution in [0, 0.1) is 12.8 Å². The zero-order chi connectivity index (χ0) is 23.3. The summed E-state index contributed by atoms with van der Waals surface area (Å²) in [6.07, 6.45) is 8.61. The second-order valence-electron chi connectivity index (χ2n) is 9.23. The molecule has 3 heterocycles. The average Bonchev–Trinajstić information content (AvgIpc) is 2.88. The highest BCUT2D eigenvalue weighted by atomic mass is 16.2. The Balaban J connectivity index is 1.25. The van der Waals surface area contributed by atoms with E-state index in [0.717, 1.165) is 60.2 Å². The van der Waals surface area contributed by atoms with E-state index < -0.39 is 0 Å². The number of anilines is 1. The molecule has 2 aromatic carbocycles. The Bertz CT molecular complexity index is 1290. The summed E-state index contributed by atoms with van der Waals surface area (Å²) in [7, 11) is 0. The summed E-state index contributed by atoms with van der Waals surface area (Å²) in [6, 6.07) is 20.6. The zero-order valence-electron chi connectivity index (χ0n) is 19.6. The van der Waals surface area contributed by atoms with E-state index in [1.807, 2.05) is 47.5 Å². The molecule has 1 aliphatic rings. The Morgan fingerprint density at radius 1 is 1.03 bits per heavy atom. The standard InChI is InChI=1S/C29H30N4O/c1-21-6-8-26(18-28(21)32-19-22-10-13-30-14-11-22)29(34)33-15-3-4-24(20-33)16-23-7-9-27-25(17-23)5-2-12-31-27/h2,5-14,17-18,24,32H,3-4,15-16,19-20H2,1H3/t24-/m0/s1. The summed E-state index contributed by atoms with van der Waals surface area (Å²) in [5.74, 6) is 0.598. The third-order valence-corrected chi connectivity index (χ3v) is 6.71. The van der Waals surface area contributed by atoms with Crippen LogP contribution in [0.15, 0.2) is 79.3 Å². The molecule has 1 N–H and O–H groups in total. The number of nitrogens with zero attached hydrogens (tertiary/aromatic N) is 3. The Kier molecular flexibility index (Phi) is 6.52. The van der Waals surface area contributed by atoms with Crippen molar-refractivity contribution in [1.29, 1.82) is 0 Å². The molecule has 172 valence electrons. The lowest BCUT2D eigenvalue weighted by atomic mass is 9.90. The van der Waals surface area contributed by atoms with Crippen LogP contribution < -0.4 is 5.32 Å². The third-order valence-electron chi connectivity index (χ3n) is 6.71. The van der Waals surface area contributed by atoms with Crippen LogP contribution in [0.5, 0.6) is 0 Å². The van der Waals surface area contributed by atoms with Crippen molar-refractivity contribution in [2.24, 2.45) is 5.92 Å². The van der Waals surface area contributed by atoms with Crippen LogP contribution in [0.25, 0.3) is 10.9 Å². The van der Waals surface area contributed by atoms with Gasteiger partial charge in [0.25, 0.3) is 5.91 Å². The lowest BCUT2D eigenvalue weighted by Crippen LogP contribution is -2.40. The number of benzene rings is 2. The van der Waals surface area contributed by atoms with E-state index in [4.69, 9.17) is 0 Å². The number of carbonyl (C=O) groups is 1. The van der Waals surface area contributed by atoms with Crippen molar-refractivity contribution in [2.45, 2.75) is 32.7 Å². The van der Waals surface area contributed by atoms with Crippen LogP contribution in [0.4, 0.5) is 5.69 Å². The van der Waals surface area contributed by atoms with Crippen LogP contribution in [-0.4, -0.2) is 33.9 Å². The molecule has 34 heavy (non-hydrogen) atoms. The van der Waals surface area contributed by atoms with Gasteiger partial charge in [0.2, 0.25) is 0 Å². The zero-order valence-corrected chi connectivity index (χ0v) is 19.6. The maximum atomic E-state index is 13.4. The Morgan fingerprint density at radius 3 is 2.79 bits per heavy atom. The largest absolute Gasteiger partial charge is 0.381 e. The number of nitrogens with one attached hydrogen (secondary N) is 1. The van der Waals surface area contributed by atoms with Gasteiger partial charge in [-0.05, 0) is 91.3 Å². The Hall–Kier alpha value is -3.73. The molecule has 2 aromatic heterocycles. The first-order valence-corrected chi connectivity index (χ1v) is 12.0.